The number of halogens is 2. The van der Waals surface area contributed by atoms with Crippen molar-refractivity contribution in [2.24, 2.45) is 17.3 Å². The van der Waals surface area contributed by atoms with Gasteiger partial charge in [-0.2, -0.15) is 5.10 Å². The number of aromatic nitrogens is 2. The molecule has 20 heavy (non-hydrogen) atoms. The Morgan fingerprint density at radius 2 is 2.15 bits per heavy atom. The van der Waals surface area contributed by atoms with Crippen molar-refractivity contribution in [3.8, 4) is 0 Å². The van der Waals surface area contributed by atoms with Gasteiger partial charge in [0.2, 0.25) is 0 Å². The van der Waals surface area contributed by atoms with Gasteiger partial charge >= 0.3 is 0 Å². The Bertz CT molecular complexity index is 497. The summed E-state index contributed by atoms with van der Waals surface area (Å²) in [7, 11) is 0. The Morgan fingerprint density at radius 1 is 1.35 bits per heavy atom. The van der Waals surface area contributed by atoms with Crippen molar-refractivity contribution in [3.05, 3.63) is 16.4 Å². The Hall–Kier alpha value is -0.210. The fraction of sp³-hybridized carbons (Fsp3) is 0.812. The summed E-state index contributed by atoms with van der Waals surface area (Å²) in [5, 5.41) is 5.55. The van der Waals surface area contributed by atoms with Gasteiger partial charge in [0.15, 0.2) is 0 Å². The van der Waals surface area contributed by atoms with Crippen molar-refractivity contribution in [1.82, 2.24) is 9.78 Å². The third-order valence-corrected chi connectivity index (χ3v) is 6.55. The molecule has 4 heteroatoms. The second-order valence-electron chi connectivity index (χ2n) is 6.63. The van der Waals surface area contributed by atoms with Crippen LogP contribution in [0.15, 0.2) is 0 Å². The topological polar surface area (TPSA) is 17.8 Å². The first-order valence-electron chi connectivity index (χ1n) is 7.93. The van der Waals surface area contributed by atoms with Crippen LogP contribution in [0.4, 0.5) is 0 Å². The predicted molar refractivity (Wildman–Crippen MR) is 84.6 cm³/mol. The lowest BCUT2D eigenvalue weighted by Crippen LogP contribution is -2.33. The van der Waals surface area contributed by atoms with E-state index in [9.17, 15) is 0 Å². The third-order valence-electron chi connectivity index (χ3n) is 5.58. The van der Waals surface area contributed by atoms with Gasteiger partial charge in [-0.05, 0) is 56.3 Å². The normalized spacial score (nSPS) is 32.2. The van der Waals surface area contributed by atoms with Crippen LogP contribution < -0.4 is 0 Å². The summed E-state index contributed by atoms with van der Waals surface area (Å²) >= 11 is 13.0. The lowest BCUT2D eigenvalue weighted by molar-refractivity contribution is 0.189. The van der Waals surface area contributed by atoms with Crippen LogP contribution in [0.5, 0.6) is 0 Å². The molecule has 0 aliphatic heterocycles. The summed E-state index contributed by atoms with van der Waals surface area (Å²) in [6.45, 7) is 5.15. The molecule has 0 saturated heterocycles. The van der Waals surface area contributed by atoms with E-state index >= 15 is 0 Å². The van der Waals surface area contributed by atoms with Crippen LogP contribution in [0.2, 0.25) is 5.02 Å². The lowest BCUT2D eigenvalue weighted by atomic mass is 9.71. The van der Waals surface area contributed by atoms with Gasteiger partial charge in [0, 0.05) is 12.4 Å². The minimum Gasteiger partial charge on any atom is -0.268 e. The molecular weight excluding hydrogens is 291 g/mol. The molecule has 2 fully saturated rings. The van der Waals surface area contributed by atoms with E-state index in [-0.39, 0.29) is 5.41 Å². The smallest absolute Gasteiger partial charge is 0.0850 e. The number of hydrogen-bond acceptors (Lipinski definition) is 1. The van der Waals surface area contributed by atoms with Crippen molar-refractivity contribution in [2.75, 3.05) is 5.88 Å². The number of aryl methyl sites for hydroxylation is 2. The molecule has 112 valence electrons. The molecule has 3 atom stereocenters. The summed E-state index contributed by atoms with van der Waals surface area (Å²) in [6.07, 6.45) is 7.34. The molecule has 3 rings (SSSR count). The molecule has 0 spiro atoms. The fourth-order valence-electron chi connectivity index (χ4n) is 4.51. The van der Waals surface area contributed by atoms with Crippen LogP contribution in [0.25, 0.3) is 0 Å². The van der Waals surface area contributed by atoms with Gasteiger partial charge in [0.25, 0.3) is 0 Å². The Labute approximate surface area is 131 Å². The fourth-order valence-corrected chi connectivity index (χ4v) is 5.26. The summed E-state index contributed by atoms with van der Waals surface area (Å²) in [6, 6.07) is 0. The van der Waals surface area contributed by atoms with Crippen molar-refractivity contribution in [2.45, 2.75) is 58.9 Å². The molecule has 0 amide bonds. The van der Waals surface area contributed by atoms with Gasteiger partial charge < -0.3 is 0 Å². The van der Waals surface area contributed by atoms with Crippen molar-refractivity contribution >= 4 is 23.2 Å². The SMILES string of the molecule is CCc1nn(CC)c(CC2(CCl)CC3CCC2C3)c1Cl. The maximum atomic E-state index is 6.58. The molecule has 1 aromatic heterocycles. The largest absolute Gasteiger partial charge is 0.268 e. The average Bonchev–Trinajstić information content (AvgIpc) is 3.14. The van der Waals surface area contributed by atoms with Gasteiger partial charge in [-0.1, -0.05) is 24.9 Å². The minimum absolute atomic E-state index is 0.270. The van der Waals surface area contributed by atoms with Crippen LogP contribution >= 0.6 is 23.2 Å². The van der Waals surface area contributed by atoms with E-state index in [1.165, 1.54) is 31.4 Å². The number of nitrogens with zero attached hydrogens (tertiary/aromatic N) is 2. The zero-order valence-corrected chi connectivity index (χ0v) is 14.0. The van der Waals surface area contributed by atoms with Crippen LogP contribution in [0, 0.1) is 17.3 Å². The quantitative estimate of drug-likeness (QED) is 0.720. The lowest BCUT2D eigenvalue weighted by Gasteiger charge is -2.36. The molecule has 1 aromatic rings. The third kappa shape index (κ3) is 2.20. The maximum absolute atomic E-state index is 6.58. The Morgan fingerprint density at radius 3 is 2.65 bits per heavy atom. The standard InChI is InChI=1S/C16H24Cl2N2/c1-3-13-15(18)14(20(4-2)19-13)9-16(10-17)8-11-5-6-12(16)7-11/h11-12H,3-10H2,1-2H3. The van der Waals surface area contributed by atoms with Crippen LogP contribution in [0.1, 0.15) is 50.9 Å². The van der Waals surface area contributed by atoms with Crippen molar-refractivity contribution in [1.29, 1.82) is 0 Å². The zero-order valence-electron chi connectivity index (χ0n) is 12.5. The van der Waals surface area contributed by atoms with E-state index in [4.69, 9.17) is 23.2 Å². The first-order valence-corrected chi connectivity index (χ1v) is 8.84. The number of alkyl halides is 1. The van der Waals surface area contributed by atoms with E-state index in [1.54, 1.807) is 0 Å². The molecule has 1 heterocycles. The Kier molecular flexibility index (Phi) is 4.07. The summed E-state index contributed by atoms with van der Waals surface area (Å²) < 4.78 is 2.10. The number of hydrogen-bond donors (Lipinski definition) is 0. The average molecular weight is 315 g/mol. The summed E-state index contributed by atoms with van der Waals surface area (Å²) in [4.78, 5) is 0. The van der Waals surface area contributed by atoms with Gasteiger partial charge in [0.05, 0.1) is 16.4 Å². The molecule has 0 aromatic carbocycles. The highest BCUT2D eigenvalue weighted by molar-refractivity contribution is 6.31. The predicted octanol–water partition coefficient (Wildman–Crippen LogP) is 4.71. The number of rotatable bonds is 5. The second-order valence-corrected chi connectivity index (χ2v) is 7.27. The van der Waals surface area contributed by atoms with Crippen LogP contribution in [0.3, 0.4) is 0 Å². The first kappa shape index (κ1) is 14.7. The van der Waals surface area contributed by atoms with Crippen molar-refractivity contribution < 1.29 is 0 Å². The van der Waals surface area contributed by atoms with E-state index < -0.39 is 0 Å². The highest BCUT2D eigenvalue weighted by Gasteiger charge is 2.50. The maximum Gasteiger partial charge on any atom is 0.0850 e. The molecule has 3 unspecified atom stereocenters. The Balaban J connectivity index is 1.92. The van der Waals surface area contributed by atoms with Gasteiger partial charge in [-0.25, -0.2) is 0 Å². The second kappa shape index (κ2) is 5.53. The van der Waals surface area contributed by atoms with Gasteiger partial charge in [-0.15, -0.1) is 11.6 Å². The van der Waals surface area contributed by atoms with E-state index in [0.29, 0.717) is 0 Å². The first-order chi connectivity index (χ1) is 9.63. The van der Waals surface area contributed by atoms with Crippen LogP contribution in [-0.2, 0) is 19.4 Å². The summed E-state index contributed by atoms with van der Waals surface area (Å²) in [5.74, 6) is 2.47. The van der Waals surface area contributed by atoms with E-state index in [1.807, 2.05) is 0 Å². The molecule has 0 radical (unpaired) electrons. The van der Waals surface area contributed by atoms with Crippen LogP contribution in [-0.4, -0.2) is 15.7 Å². The van der Waals surface area contributed by atoms with Gasteiger partial charge in [-0.3, -0.25) is 4.68 Å². The summed E-state index contributed by atoms with van der Waals surface area (Å²) in [5.41, 5.74) is 2.53. The van der Waals surface area contributed by atoms with Gasteiger partial charge in [0.1, 0.15) is 0 Å². The van der Waals surface area contributed by atoms with E-state index in [0.717, 1.165) is 47.8 Å². The highest BCUT2D eigenvalue weighted by atomic mass is 35.5. The molecule has 2 aliphatic carbocycles. The molecule has 2 bridgehead atoms. The molecule has 2 aliphatic rings. The zero-order chi connectivity index (χ0) is 14.3. The van der Waals surface area contributed by atoms with E-state index in [2.05, 4.69) is 23.6 Å². The highest BCUT2D eigenvalue weighted by Crippen LogP contribution is 2.58. The monoisotopic (exact) mass is 314 g/mol. The molecule has 0 N–H and O–H groups in total. The molecule has 2 saturated carbocycles. The molecule has 2 nitrogen and oxygen atoms in total. The van der Waals surface area contributed by atoms with Crippen molar-refractivity contribution in [3.63, 3.8) is 0 Å². The number of fused-ring (bicyclic) bond motifs is 2. The minimum atomic E-state index is 0.270. The molecular formula is C16H24Cl2N2.